The molecule has 3 heterocycles. The molecule has 0 bridgehead atoms. The number of likely N-dealkylation sites (tertiary alicyclic amines) is 1. The Balaban J connectivity index is 1.40. The quantitative estimate of drug-likeness (QED) is 0.666. The van der Waals surface area contributed by atoms with Crippen LogP contribution in [0.15, 0.2) is 61.1 Å². The zero-order valence-electron chi connectivity index (χ0n) is 18.3. The van der Waals surface area contributed by atoms with Crippen molar-refractivity contribution in [3.63, 3.8) is 0 Å². The highest BCUT2D eigenvalue weighted by Crippen LogP contribution is 2.31. The number of piperidine rings is 1. The van der Waals surface area contributed by atoms with Crippen molar-refractivity contribution in [1.29, 1.82) is 0 Å². The van der Waals surface area contributed by atoms with Crippen molar-refractivity contribution in [2.75, 3.05) is 19.7 Å². The van der Waals surface area contributed by atoms with Gasteiger partial charge >= 0.3 is 0 Å². The van der Waals surface area contributed by atoms with Gasteiger partial charge in [-0.05, 0) is 42.2 Å². The van der Waals surface area contributed by atoms with Crippen LogP contribution in [0, 0.1) is 5.82 Å². The van der Waals surface area contributed by atoms with Crippen LogP contribution in [0.25, 0.3) is 11.1 Å². The Morgan fingerprint density at radius 2 is 2.00 bits per heavy atom. The Morgan fingerprint density at radius 3 is 2.82 bits per heavy atom. The number of rotatable bonds is 4. The molecule has 0 saturated carbocycles. The van der Waals surface area contributed by atoms with E-state index in [1.54, 1.807) is 29.6 Å². The van der Waals surface area contributed by atoms with E-state index in [0.29, 0.717) is 25.2 Å². The summed E-state index contributed by atoms with van der Waals surface area (Å²) in [5.41, 5.74) is 3.39. The van der Waals surface area contributed by atoms with Crippen molar-refractivity contribution in [2.24, 2.45) is 0 Å². The van der Waals surface area contributed by atoms with Crippen molar-refractivity contribution < 1.29 is 18.7 Å². The molecule has 1 N–H and O–H groups in total. The minimum absolute atomic E-state index is 0.0261. The van der Waals surface area contributed by atoms with Crippen molar-refractivity contribution in [3.8, 4) is 11.1 Å². The van der Waals surface area contributed by atoms with E-state index in [-0.39, 0.29) is 42.4 Å². The lowest BCUT2D eigenvalue weighted by atomic mass is 9.95. The van der Waals surface area contributed by atoms with Gasteiger partial charge in [-0.25, -0.2) is 9.37 Å². The van der Waals surface area contributed by atoms with Gasteiger partial charge in [0.05, 0.1) is 30.7 Å². The maximum absolute atomic E-state index is 13.4. The summed E-state index contributed by atoms with van der Waals surface area (Å²) in [4.78, 5) is 31.0. The first-order chi connectivity index (χ1) is 16.0. The monoisotopic (exact) mass is 448 g/mol. The van der Waals surface area contributed by atoms with Gasteiger partial charge in [-0.3, -0.25) is 9.59 Å². The first-order valence-corrected chi connectivity index (χ1v) is 11.1. The molecule has 0 spiro atoms. The Bertz CT molecular complexity index is 1180. The summed E-state index contributed by atoms with van der Waals surface area (Å²) >= 11 is 0. The van der Waals surface area contributed by atoms with Crippen LogP contribution < -0.4 is 5.32 Å². The molecule has 0 radical (unpaired) electrons. The Kier molecular flexibility index (Phi) is 5.68. The number of fused-ring (bicyclic) bond motifs is 1. The average molecular weight is 448 g/mol. The van der Waals surface area contributed by atoms with Crippen LogP contribution in [0.1, 0.15) is 35.4 Å². The van der Waals surface area contributed by atoms with E-state index in [9.17, 15) is 14.0 Å². The molecule has 2 aliphatic rings. The van der Waals surface area contributed by atoms with Gasteiger partial charge in [0.1, 0.15) is 18.1 Å². The van der Waals surface area contributed by atoms with E-state index in [2.05, 4.69) is 10.3 Å². The topological polar surface area (TPSA) is 76.5 Å². The molecule has 2 amide bonds. The number of carbonyl (C=O) groups is 2. The van der Waals surface area contributed by atoms with Crippen LogP contribution >= 0.6 is 0 Å². The lowest BCUT2D eigenvalue weighted by Crippen LogP contribution is -2.60. The van der Waals surface area contributed by atoms with E-state index < -0.39 is 0 Å². The minimum Gasteiger partial charge on any atom is -0.364 e. The van der Waals surface area contributed by atoms with Crippen LogP contribution in [0.3, 0.4) is 0 Å². The lowest BCUT2D eigenvalue weighted by Gasteiger charge is -2.41. The number of nitrogens with one attached hydrogen (secondary N) is 1. The van der Waals surface area contributed by atoms with Crippen molar-refractivity contribution in [1.82, 2.24) is 19.8 Å². The summed E-state index contributed by atoms with van der Waals surface area (Å²) in [6.45, 7) is 3.01. The number of imidazole rings is 1. The van der Waals surface area contributed by atoms with Gasteiger partial charge in [-0.2, -0.15) is 0 Å². The molecule has 5 rings (SSSR count). The molecule has 2 fully saturated rings. The zero-order valence-corrected chi connectivity index (χ0v) is 18.3. The first kappa shape index (κ1) is 21.3. The first-order valence-electron chi connectivity index (χ1n) is 11.1. The van der Waals surface area contributed by atoms with Crippen molar-refractivity contribution in [3.05, 3.63) is 78.1 Å². The SMILES string of the molecule is CC(c1ccccc1-c1ccc(F)cc1)n1cncc1C(=O)N1CCC2NC(=O)COC2C1. The lowest BCUT2D eigenvalue weighted by molar-refractivity contribution is -0.139. The minimum atomic E-state index is -0.281. The number of halogens is 1. The number of hydrogen-bond donors (Lipinski definition) is 1. The Morgan fingerprint density at radius 1 is 1.21 bits per heavy atom. The second kappa shape index (κ2) is 8.78. The number of benzene rings is 2. The Labute approximate surface area is 191 Å². The predicted molar refractivity (Wildman–Crippen MR) is 120 cm³/mol. The van der Waals surface area contributed by atoms with Gasteiger partial charge in [0.2, 0.25) is 5.91 Å². The summed E-state index contributed by atoms with van der Waals surface area (Å²) in [7, 11) is 0. The largest absolute Gasteiger partial charge is 0.364 e. The molecule has 3 unspecified atom stereocenters. The molecule has 2 aliphatic heterocycles. The fourth-order valence-electron chi connectivity index (χ4n) is 4.71. The molecule has 3 atom stereocenters. The van der Waals surface area contributed by atoms with Gasteiger partial charge in [-0.1, -0.05) is 36.4 Å². The maximum atomic E-state index is 13.4. The fourth-order valence-corrected chi connectivity index (χ4v) is 4.71. The van der Waals surface area contributed by atoms with E-state index in [4.69, 9.17) is 4.74 Å². The average Bonchev–Trinajstić information content (AvgIpc) is 3.33. The normalized spacial score (nSPS) is 21.3. The summed E-state index contributed by atoms with van der Waals surface area (Å²) < 4.78 is 21.0. The van der Waals surface area contributed by atoms with Crippen LogP contribution in [-0.2, 0) is 9.53 Å². The number of hydrogen-bond acceptors (Lipinski definition) is 4. The third-order valence-electron chi connectivity index (χ3n) is 6.49. The number of carbonyl (C=O) groups excluding carboxylic acids is 2. The van der Waals surface area contributed by atoms with E-state index in [0.717, 1.165) is 16.7 Å². The number of ether oxygens (including phenoxy) is 1. The van der Waals surface area contributed by atoms with E-state index in [1.165, 1.54) is 12.1 Å². The van der Waals surface area contributed by atoms with Gasteiger partial charge in [-0.15, -0.1) is 0 Å². The van der Waals surface area contributed by atoms with Crippen LogP contribution in [0.4, 0.5) is 4.39 Å². The van der Waals surface area contributed by atoms with Gasteiger partial charge in [0, 0.05) is 13.1 Å². The van der Waals surface area contributed by atoms with Crippen LogP contribution in [-0.4, -0.2) is 58.1 Å². The fraction of sp³-hybridized carbons (Fsp3) is 0.320. The molecule has 8 heteroatoms. The third-order valence-corrected chi connectivity index (χ3v) is 6.49. The molecule has 2 aromatic carbocycles. The molecule has 3 aromatic rings. The molecule has 33 heavy (non-hydrogen) atoms. The van der Waals surface area contributed by atoms with Crippen molar-refractivity contribution in [2.45, 2.75) is 31.5 Å². The van der Waals surface area contributed by atoms with Gasteiger partial charge in [0.25, 0.3) is 5.91 Å². The number of morpholine rings is 1. The van der Waals surface area contributed by atoms with Crippen LogP contribution in [0.5, 0.6) is 0 Å². The standard InChI is InChI=1S/C25H25FN4O3/c1-16(19-4-2-3-5-20(19)17-6-8-18(26)9-7-17)30-15-27-12-22(30)25(32)29-11-10-21-23(13-29)33-14-24(31)28-21/h2-9,12,15-16,21,23H,10-11,13-14H2,1H3,(H,28,31). The van der Waals surface area contributed by atoms with Gasteiger partial charge < -0.3 is 19.5 Å². The summed E-state index contributed by atoms with van der Waals surface area (Å²) in [5, 5.41) is 2.95. The van der Waals surface area contributed by atoms with E-state index >= 15 is 0 Å². The highest BCUT2D eigenvalue weighted by Gasteiger charge is 2.37. The van der Waals surface area contributed by atoms with Crippen LogP contribution in [0.2, 0.25) is 0 Å². The second-order valence-corrected chi connectivity index (χ2v) is 8.52. The molecular weight excluding hydrogens is 423 g/mol. The molecular formula is C25H25FN4O3. The summed E-state index contributed by atoms with van der Waals surface area (Å²) in [6, 6.07) is 14.1. The number of aromatic nitrogens is 2. The smallest absolute Gasteiger partial charge is 0.272 e. The second-order valence-electron chi connectivity index (χ2n) is 8.52. The maximum Gasteiger partial charge on any atom is 0.272 e. The predicted octanol–water partition coefficient (Wildman–Crippen LogP) is 3.03. The summed E-state index contributed by atoms with van der Waals surface area (Å²) in [6.07, 6.45) is 3.71. The number of nitrogens with zero attached hydrogens (tertiary/aromatic N) is 3. The highest BCUT2D eigenvalue weighted by atomic mass is 19.1. The molecule has 2 saturated heterocycles. The molecule has 0 aliphatic carbocycles. The summed E-state index contributed by atoms with van der Waals surface area (Å²) in [5.74, 6) is -0.502. The highest BCUT2D eigenvalue weighted by molar-refractivity contribution is 5.92. The zero-order chi connectivity index (χ0) is 22.9. The molecule has 7 nitrogen and oxygen atoms in total. The molecule has 170 valence electrons. The molecule has 1 aromatic heterocycles. The van der Waals surface area contributed by atoms with E-state index in [1.807, 2.05) is 35.8 Å². The third kappa shape index (κ3) is 4.14. The number of amides is 2. The van der Waals surface area contributed by atoms with Gasteiger partial charge in [0.15, 0.2) is 0 Å². The Hall–Kier alpha value is -3.52. The van der Waals surface area contributed by atoms with Crippen molar-refractivity contribution >= 4 is 11.8 Å².